The van der Waals surface area contributed by atoms with Crippen LogP contribution in [0, 0.1) is 0 Å². The Morgan fingerprint density at radius 3 is 2.41 bits per heavy atom. The van der Waals surface area contributed by atoms with Crippen molar-refractivity contribution in [3.05, 3.63) is 77.9 Å². The summed E-state index contributed by atoms with van der Waals surface area (Å²) in [4.78, 5) is 0. The zero-order chi connectivity index (χ0) is 17.8. The largest absolute Gasteiger partial charge is 0.356 e. The first-order valence-electron chi connectivity index (χ1n) is 9.71. The number of aromatic nitrogens is 1. The molecule has 0 spiro atoms. The van der Waals surface area contributed by atoms with Gasteiger partial charge in [-0.1, -0.05) is 59.8 Å². The van der Waals surface area contributed by atoms with E-state index in [1.165, 1.54) is 52.8 Å². The summed E-state index contributed by atoms with van der Waals surface area (Å²) in [5.74, 6) is 0. The van der Waals surface area contributed by atoms with Crippen LogP contribution >= 0.6 is 0 Å². The van der Waals surface area contributed by atoms with E-state index in [0.717, 1.165) is 22.2 Å². The van der Waals surface area contributed by atoms with Gasteiger partial charge in [0, 0.05) is 10.9 Å². The summed E-state index contributed by atoms with van der Waals surface area (Å²) in [5, 5.41) is 10.8. The van der Waals surface area contributed by atoms with Crippen LogP contribution in [0.15, 0.2) is 71.3 Å². The predicted molar refractivity (Wildman–Crippen MR) is 111 cm³/mol. The highest BCUT2D eigenvalue weighted by molar-refractivity contribution is 6.14. The molecule has 27 heavy (non-hydrogen) atoms. The average Bonchev–Trinajstić information content (AvgIpc) is 3.17. The molecule has 0 bridgehead atoms. The van der Waals surface area contributed by atoms with Crippen LogP contribution in [0.25, 0.3) is 43.8 Å². The molecule has 0 aliphatic heterocycles. The molecule has 6 rings (SSSR count). The molecule has 2 nitrogen and oxygen atoms in total. The molecule has 0 N–H and O–H groups in total. The first kappa shape index (κ1) is 15.0. The number of fused-ring (bicyclic) bond motifs is 6. The SMILES string of the molecule is c1ccc2c(-c3cccc4c3ccc3c5c(ccc34)CCCC5)noc2c1. The minimum atomic E-state index is 0.833. The molecule has 2 heteroatoms. The molecule has 1 aliphatic carbocycles. The van der Waals surface area contributed by atoms with E-state index in [4.69, 9.17) is 4.52 Å². The van der Waals surface area contributed by atoms with Gasteiger partial charge < -0.3 is 4.52 Å². The van der Waals surface area contributed by atoms with Crippen molar-refractivity contribution in [1.82, 2.24) is 5.16 Å². The summed E-state index contributed by atoms with van der Waals surface area (Å²) in [7, 11) is 0. The Morgan fingerprint density at radius 2 is 1.41 bits per heavy atom. The van der Waals surface area contributed by atoms with Crippen molar-refractivity contribution in [2.75, 3.05) is 0 Å². The Kier molecular flexibility index (Phi) is 3.15. The molecular weight excluding hydrogens is 330 g/mol. The summed E-state index contributed by atoms with van der Waals surface area (Å²) in [6.45, 7) is 0. The lowest BCUT2D eigenvalue weighted by Gasteiger charge is -2.19. The molecule has 0 atom stereocenters. The average molecular weight is 349 g/mol. The van der Waals surface area contributed by atoms with E-state index >= 15 is 0 Å². The van der Waals surface area contributed by atoms with Gasteiger partial charge in [0.2, 0.25) is 0 Å². The molecule has 130 valence electrons. The summed E-state index contributed by atoms with van der Waals surface area (Å²) < 4.78 is 5.56. The highest BCUT2D eigenvalue weighted by Crippen LogP contribution is 2.38. The van der Waals surface area contributed by atoms with Crippen molar-refractivity contribution in [2.45, 2.75) is 25.7 Å². The maximum atomic E-state index is 5.56. The second-order valence-electron chi connectivity index (χ2n) is 7.50. The number of hydrogen-bond acceptors (Lipinski definition) is 2. The minimum absolute atomic E-state index is 0.833. The number of nitrogens with zero attached hydrogens (tertiary/aromatic N) is 1. The highest BCUT2D eigenvalue weighted by atomic mass is 16.5. The van der Waals surface area contributed by atoms with Crippen LogP contribution in [0.1, 0.15) is 24.0 Å². The number of hydrogen-bond donors (Lipinski definition) is 0. The number of para-hydroxylation sites is 1. The Morgan fingerprint density at radius 1 is 0.630 bits per heavy atom. The smallest absolute Gasteiger partial charge is 0.167 e. The first-order valence-corrected chi connectivity index (χ1v) is 9.71. The second-order valence-corrected chi connectivity index (χ2v) is 7.50. The van der Waals surface area contributed by atoms with Gasteiger partial charge in [-0.15, -0.1) is 0 Å². The third kappa shape index (κ3) is 2.16. The number of aryl methyl sites for hydroxylation is 2. The molecule has 0 unspecified atom stereocenters. The van der Waals surface area contributed by atoms with Gasteiger partial charge in [0.25, 0.3) is 0 Å². The monoisotopic (exact) mass is 349 g/mol. The van der Waals surface area contributed by atoms with Gasteiger partial charge in [-0.25, -0.2) is 0 Å². The van der Waals surface area contributed by atoms with E-state index in [-0.39, 0.29) is 0 Å². The third-order valence-electron chi connectivity index (χ3n) is 6.02. The van der Waals surface area contributed by atoms with E-state index in [0.29, 0.717) is 0 Å². The van der Waals surface area contributed by atoms with Crippen molar-refractivity contribution in [1.29, 1.82) is 0 Å². The van der Waals surface area contributed by atoms with Crippen molar-refractivity contribution in [3.8, 4) is 11.3 Å². The first-order chi connectivity index (χ1) is 13.4. The van der Waals surface area contributed by atoms with Crippen LogP contribution in [0.3, 0.4) is 0 Å². The third-order valence-corrected chi connectivity index (χ3v) is 6.02. The highest BCUT2D eigenvalue weighted by Gasteiger charge is 2.16. The standard InChI is InChI=1S/C25H19NO/c1-2-7-17-16(6-1)12-13-20-18-9-5-10-22(21(18)15-14-19(17)20)25-23-8-3-4-11-24(23)27-26-25/h3-5,8-15H,1-2,6-7H2. The lowest BCUT2D eigenvalue weighted by Crippen LogP contribution is -2.03. The Hall–Kier alpha value is -3.13. The van der Waals surface area contributed by atoms with Crippen LogP contribution in [0.2, 0.25) is 0 Å². The lowest BCUT2D eigenvalue weighted by molar-refractivity contribution is 0.459. The zero-order valence-corrected chi connectivity index (χ0v) is 15.0. The molecule has 0 saturated carbocycles. The molecule has 1 aliphatic rings. The maximum absolute atomic E-state index is 5.56. The topological polar surface area (TPSA) is 26.0 Å². The molecule has 4 aromatic carbocycles. The fourth-order valence-corrected chi connectivity index (χ4v) is 4.71. The number of benzene rings is 4. The molecule has 0 saturated heterocycles. The molecule has 0 radical (unpaired) electrons. The summed E-state index contributed by atoms with van der Waals surface area (Å²) >= 11 is 0. The molecule has 5 aromatic rings. The van der Waals surface area contributed by atoms with Crippen molar-refractivity contribution in [2.24, 2.45) is 0 Å². The van der Waals surface area contributed by atoms with Crippen molar-refractivity contribution < 1.29 is 4.52 Å². The van der Waals surface area contributed by atoms with Gasteiger partial charge in [-0.2, -0.15) is 0 Å². The van der Waals surface area contributed by atoms with E-state index in [2.05, 4.69) is 53.7 Å². The van der Waals surface area contributed by atoms with E-state index in [1.54, 1.807) is 5.56 Å². The lowest BCUT2D eigenvalue weighted by atomic mass is 9.86. The Bertz CT molecular complexity index is 1330. The zero-order valence-electron chi connectivity index (χ0n) is 15.0. The van der Waals surface area contributed by atoms with E-state index in [9.17, 15) is 0 Å². The second kappa shape index (κ2) is 5.68. The van der Waals surface area contributed by atoms with Gasteiger partial charge in [-0.05, 0) is 70.5 Å². The molecule has 1 heterocycles. The maximum Gasteiger partial charge on any atom is 0.167 e. The fourth-order valence-electron chi connectivity index (χ4n) is 4.71. The van der Waals surface area contributed by atoms with Crippen molar-refractivity contribution in [3.63, 3.8) is 0 Å². The Labute approximate surface area is 157 Å². The van der Waals surface area contributed by atoms with E-state index < -0.39 is 0 Å². The van der Waals surface area contributed by atoms with Crippen LogP contribution in [-0.2, 0) is 12.8 Å². The van der Waals surface area contributed by atoms with Gasteiger partial charge in [0.1, 0.15) is 5.69 Å². The summed E-state index contributed by atoms with van der Waals surface area (Å²) in [6.07, 6.45) is 5.03. The molecule has 0 fully saturated rings. The van der Waals surface area contributed by atoms with Crippen molar-refractivity contribution >= 4 is 32.5 Å². The van der Waals surface area contributed by atoms with Gasteiger partial charge in [0.05, 0.1) is 0 Å². The minimum Gasteiger partial charge on any atom is -0.356 e. The molecular formula is C25H19NO. The predicted octanol–water partition coefficient (Wildman–Crippen LogP) is 6.68. The Balaban J connectivity index is 1.67. The fraction of sp³-hybridized carbons (Fsp3) is 0.160. The van der Waals surface area contributed by atoms with Crippen LogP contribution < -0.4 is 0 Å². The van der Waals surface area contributed by atoms with Gasteiger partial charge in [0.15, 0.2) is 5.58 Å². The van der Waals surface area contributed by atoms with Gasteiger partial charge in [-0.3, -0.25) is 0 Å². The van der Waals surface area contributed by atoms with Crippen LogP contribution in [-0.4, -0.2) is 5.16 Å². The molecule has 0 amide bonds. The summed E-state index contributed by atoms with van der Waals surface area (Å²) in [6, 6.07) is 23.8. The van der Waals surface area contributed by atoms with Crippen LogP contribution in [0.4, 0.5) is 0 Å². The number of rotatable bonds is 1. The molecule has 1 aromatic heterocycles. The van der Waals surface area contributed by atoms with Crippen LogP contribution in [0.5, 0.6) is 0 Å². The quantitative estimate of drug-likeness (QED) is 0.315. The van der Waals surface area contributed by atoms with E-state index in [1.807, 2.05) is 18.2 Å². The summed E-state index contributed by atoms with van der Waals surface area (Å²) in [5.41, 5.74) is 5.98. The normalized spacial score (nSPS) is 14.1. The van der Waals surface area contributed by atoms with Gasteiger partial charge >= 0.3 is 0 Å².